The van der Waals surface area contributed by atoms with Crippen LogP contribution in [0.25, 0.3) is 21.3 Å². The van der Waals surface area contributed by atoms with Crippen LogP contribution in [-0.2, 0) is 24.9 Å². The number of aryl methyl sites for hydroxylation is 2. The van der Waals surface area contributed by atoms with Crippen LogP contribution in [0, 0.1) is 0 Å². The number of fused-ring (bicyclic) bond motifs is 2. The van der Waals surface area contributed by atoms with Gasteiger partial charge in [-0.1, -0.05) is 12.1 Å². The predicted molar refractivity (Wildman–Crippen MR) is 103 cm³/mol. The van der Waals surface area contributed by atoms with Gasteiger partial charge in [-0.15, -0.1) is 11.3 Å². The molecular weight excluding hydrogens is 364 g/mol. The molecule has 27 heavy (non-hydrogen) atoms. The van der Waals surface area contributed by atoms with Gasteiger partial charge < -0.3 is 4.90 Å². The molecule has 0 aliphatic heterocycles. The van der Waals surface area contributed by atoms with E-state index < -0.39 is 0 Å². The minimum atomic E-state index is -0.185. The average Bonchev–Trinajstić information content (AvgIpc) is 3.24. The van der Waals surface area contributed by atoms with Crippen LogP contribution < -0.4 is 5.56 Å². The number of aromatic nitrogens is 5. The van der Waals surface area contributed by atoms with Crippen molar-refractivity contribution < 1.29 is 4.79 Å². The molecule has 0 aliphatic rings. The molecule has 0 aliphatic carbocycles. The molecule has 138 valence electrons. The number of carbonyl (C=O) groups excluding carboxylic acids is 1. The van der Waals surface area contributed by atoms with E-state index in [9.17, 15) is 9.59 Å². The van der Waals surface area contributed by atoms with E-state index in [4.69, 9.17) is 0 Å². The summed E-state index contributed by atoms with van der Waals surface area (Å²) in [6, 6.07) is 7.91. The van der Waals surface area contributed by atoms with Crippen LogP contribution >= 0.6 is 11.3 Å². The van der Waals surface area contributed by atoms with Crippen molar-refractivity contribution in [2.24, 2.45) is 7.05 Å². The maximum atomic E-state index is 12.5. The first-order valence-electron chi connectivity index (χ1n) is 8.48. The largest absolute Gasteiger partial charge is 0.339 e. The lowest BCUT2D eigenvalue weighted by Crippen LogP contribution is -2.29. The Morgan fingerprint density at radius 3 is 2.93 bits per heavy atom. The van der Waals surface area contributed by atoms with E-state index in [0.29, 0.717) is 17.6 Å². The third kappa shape index (κ3) is 3.33. The molecule has 1 aromatic carbocycles. The molecule has 0 saturated carbocycles. The lowest BCUT2D eigenvalue weighted by atomic mass is 10.3. The van der Waals surface area contributed by atoms with Gasteiger partial charge >= 0.3 is 0 Å². The van der Waals surface area contributed by atoms with Crippen LogP contribution in [0.3, 0.4) is 0 Å². The van der Waals surface area contributed by atoms with Crippen LogP contribution in [0.1, 0.15) is 11.4 Å². The minimum Gasteiger partial charge on any atom is -0.339 e. The predicted octanol–water partition coefficient (Wildman–Crippen LogP) is 1.79. The fourth-order valence-corrected chi connectivity index (χ4v) is 3.93. The maximum absolute atomic E-state index is 12.5. The number of hydrogen-bond donors (Lipinski definition) is 0. The Bertz CT molecular complexity index is 1160. The monoisotopic (exact) mass is 382 g/mol. The van der Waals surface area contributed by atoms with E-state index in [1.165, 1.54) is 17.1 Å². The van der Waals surface area contributed by atoms with Crippen LogP contribution in [-0.4, -0.2) is 42.2 Å². The summed E-state index contributed by atoms with van der Waals surface area (Å²) < 4.78 is 4.11. The van der Waals surface area contributed by atoms with Crippen molar-refractivity contribution in [3.8, 4) is 0 Å². The Kier molecular flexibility index (Phi) is 4.44. The fourth-order valence-electron chi connectivity index (χ4n) is 2.91. The molecule has 4 aromatic rings. The Morgan fingerprint density at radius 1 is 1.30 bits per heavy atom. The van der Waals surface area contributed by atoms with E-state index in [-0.39, 0.29) is 24.4 Å². The van der Waals surface area contributed by atoms with Gasteiger partial charge in [-0.25, -0.2) is 9.97 Å². The molecule has 0 bridgehead atoms. The third-order valence-electron chi connectivity index (χ3n) is 4.42. The number of thiazole rings is 1. The highest BCUT2D eigenvalue weighted by Crippen LogP contribution is 2.22. The minimum absolute atomic E-state index is 0.0487. The number of carbonyl (C=O) groups is 1. The van der Waals surface area contributed by atoms with Crippen LogP contribution in [0.15, 0.2) is 41.6 Å². The van der Waals surface area contributed by atoms with Gasteiger partial charge in [0.05, 0.1) is 29.3 Å². The summed E-state index contributed by atoms with van der Waals surface area (Å²) in [6.45, 7) is 0.729. The van der Waals surface area contributed by atoms with Gasteiger partial charge in [0.25, 0.3) is 5.56 Å². The van der Waals surface area contributed by atoms with Crippen molar-refractivity contribution in [2.75, 3.05) is 7.05 Å². The second kappa shape index (κ2) is 6.92. The molecule has 3 aromatic heterocycles. The Morgan fingerprint density at radius 2 is 2.11 bits per heavy atom. The lowest BCUT2D eigenvalue weighted by molar-refractivity contribution is -0.130. The zero-order valence-electron chi connectivity index (χ0n) is 15.0. The van der Waals surface area contributed by atoms with Crippen molar-refractivity contribution >= 4 is 38.5 Å². The second-order valence-corrected chi connectivity index (χ2v) is 7.44. The molecule has 0 N–H and O–H groups in total. The van der Waals surface area contributed by atoms with Crippen LogP contribution in [0.4, 0.5) is 0 Å². The van der Waals surface area contributed by atoms with Crippen LogP contribution in [0.2, 0.25) is 0 Å². The van der Waals surface area contributed by atoms with Gasteiger partial charge in [0.1, 0.15) is 10.4 Å². The summed E-state index contributed by atoms with van der Waals surface area (Å²) in [4.78, 5) is 35.4. The van der Waals surface area contributed by atoms with Gasteiger partial charge in [0.15, 0.2) is 5.65 Å². The van der Waals surface area contributed by atoms with Gasteiger partial charge in [-0.3, -0.25) is 18.8 Å². The van der Waals surface area contributed by atoms with Gasteiger partial charge in [-0.2, -0.15) is 5.10 Å². The van der Waals surface area contributed by atoms with E-state index in [0.717, 1.165) is 15.2 Å². The van der Waals surface area contributed by atoms with E-state index >= 15 is 0 Å². The Balaban J connectivity index is 1.42. The second-order valence-electron chi connectivity index (χ2n) is 6.32. The van der Waals surface area contributed by atoms with Crippen molar-refractivity contribution in [3.05, 3.63) is 52.2 Å². The summed E-state index contributed by atoms with van der Waals surface area (Å²) in [5.41, 5.74) is 1.30. The fraction of sp³-hybridized carbons (Fsp3) is 0.278. The zero-order valence-corrected chi connectivity index (χ0v) is 15.8. The Hall–Kier alpha value is -3.07. The average molecular weight is 382 g/mol. The van der Waals surface area contributed by atoms with E-state index in [1.807, 2.05) is 24.3 Å². The van der Waals surface area contributed by atoms with E-state index in [1.54, 1.807) is 35.0 Å². The summed E-state index contributed by atoms with van der Waals surface area (Å²) >= 11 is 1.58. The summed E-state index contributed by atoms with van der Waals surface area (Å²) in [7, 11) is 3.49. The number of para-hydroxylation sites is 1. The third-order valence-corrected chi connectivity index (χ3v) is 5.44. The van der Waals surface area contributed by atoms with E-state index in [2.05, 4.69) is 15.1 Å². The number of rotatable bonds is 5. The molecule has 0 fully saturated rings. The topological polar surface area (TPSA) is 85.9 Å². The first-order valence-corrected chi connectivity index (χ1v) is 9.30. The highest BCUT2D eigenvalue weighted by Gasteiger charge is 2.14. The zero-order chi connectivity index (χ0) is 19.0. The SMILES string of the molecule is CN(Cc1nc2ccccc2s1)C(=O)CCn1cnc2c(cnn2C)c1=O. The lowest BCUT2D eigenvalue weighted by Gasteiger charge is -2.16. The van der Waals surface area contributed by atoms with Gasteiger partial charge in [-0.05, 0) is 12.1 Å². The molecular formula is C18H18N6O2S. The normalized spacial score (nSPS) is 11.3. The Labute approximate surface area is 158 Å². The number of amides is 1. The van der Waals surface area contributed by atoms with Crippen LogP contribution in [0.5, 0.6) is 0 Å². The van der Waals surface area contributed by atoms with Gasteiger partial charge in [0, 0.05) is 27.1 Å². The molecule has 0 atom stereocenters. The number of benzene rings is 1. The smallest absolute Gasteiger partial charge is 0.264 e. The van der Waals surface area contributed by atoms with Crippen molar-refractivity contribution in [1.29, 1.82) is 0 Å². The highest BCUT2D eigenvalue weighted by molar-refractivity contribution is 7.18. The molecule has 0 saturated heterocycles. The standard InChI is InChI=1S/C18H18N6O2S/c1-22(10-15-21-13-5-3-4-6-14(13)27-15)16(25)7-8-24-11-19-17-12(18(24)26)9-20-23(17)2/h3-6,9,11H,7-8,10H2,1-2H3. The number of hydrogen-bond acceptors (Lipinski definition) is 6. The quantitative estimate of drug-likeness (QED) is 0.525. The van der Waals surface area contributed by atoms with Crippen molar-refractivity contribution in [2.45, 2.75) is 19.5 Å². The molecule has 3 heterocycles. The molecule has 4 rings (SSSR count). The summed E-state index contributed by atoms with van der Waals surface area (Å²) in [6.07, 6.45) is 3.18. The molecule has 0 unspecified atom stereocenters. The molecule has 9 heteroatoms. The summed E-state index contributed by atoms with van der Waals surface area (Å²) in [5.74, 6) is -0.0487. The van der Waals surface area contributed by atoms with Crippen molar-refractivity contribution in [3.63, 3.8) is 0 Å². The summed E-state index contributed by atoms with van der Waals surface area (Å²) in [5, 5.41) is 5.39. The molecule has 0 radical (unpaired) electrons. The number of nitrogens with zero attached hydrogens (tertiary/aromatic N) is 6. The van der Waals surface area contributed by atoms with Crippen molar-refractivity contribution in [1.82, 2.24) is 29.2 Å². The van der Waals surface area contributed by atoms with Gasteiger partial charge in [0.2, 0.25) is 5.91 Å². The highest BCUT2D eigenvalue weighted by atomic mass is 32.1. The molecule has 1 amide bonds. The first-order chi connectivity index (χ1) is 13.0. The first kappa shape index (κ1) is 17.3. The molecule has 8 nitrogen and oxygen atoms in total. The maximum Gasteiger partial charge on any atom is 0.264 e. The molecule has 0 spiro atoms.